The number of halogens is 2. The van der Waals surface area contributed by atoms with E-state index >= 15 is 0 Å². The maximum atomic E-state index is 4.14. The summed E-state index contributed by atoms with van der Waals surface area (Å²) in [6, 6.07) is 0. The second-order valence-corrected chi connectivity index (χ2v) is 4.12. The average Bonchev–Trinajstić information content (AvgIpc) is 1.88. The summed E-state index contributed by atoms with van der Waals surface area (Å²) in [7, 11) is 0. The minimum Gasteiger partial charge on any atom is -0.259 e. The number of aromatic nitrogens is 2. The minimum atomic E-state index is 0.736. The fourth-order valence-electron chi connectivity index (χ4n) is 0.532. The number of hydrogen-bond donors (Lipinski definition) is 0. The predicted octanol–water partition coefficient (Wildman–Crippen LogP) is 2.21. The summed E-state index contributed by atoms with van der Waals surface area (Å²) in [5.41, 5.74) is 0.890. The largest absolute Gasteiger partial charge is 0.259 e. The van der Waals surface area contributed by atoms with Crippen LogP contribution in [0.3, 0.4) is 0 Å². The first kappa shape index (κ1) is 7.94. The molecule has 1 rings (SSSR count). The summed E-state index contributed by atoms with van der Waals surface area (Å²) in [6.45, 7) is 1.89. The van der Waals surface area contributed by atoms with Gasteiger partial charge in [0, 0.05) is 6.20 Å². The van der Waals surface area contributed by atoms with Crippen molar-refractivity contribution < 1.29 is 0 Å². The summed E-state index contributed by atoms with van der Waals surface area (Å²) < 4.78 is 1.56. The molecule has 0 aliphatic carbocycles. The van der Waals surface area contributed by atoms with E-state index in [1.807, 2.05) is 6.92 Å². The van der Waals surface area contributed by atoms with Crippen LogP contribution in [0.2, 0.25) is 0 Å². The standard InChI is InChI=1S/C5H5Br2N3/c1-4-2-8-3-5(9-4)10(6)7/h2-3H,1H3. The Hall–Kier alpha value is -0.160. The van der Waals surface area contributed by atoms with E-state index in [1.165, 1.54) is 0 Å². The Kier molecular flexibility index (Phi) is 2.62. The molecule has 0 N–H and O–H groups in total. The van der Waals surface area contributed by atoms with Gasteiger partial charge in [-0.25, -0.2) is 7.94 Å². The molecule has 0 fully saturated rings. The molecule has 5 heteroatoms. The van der Waals surface area contributed by atoms with E-state index in [2.05, 4.69) is 42.3 Å². The first-order valence-corrected chi connectivity index (χ1v) is 4.02. The van der Waals surface area contributed by atoms with Gasteiger partial charge in [0.15, 0.2) is 5.82 Å². The number of rotatable bonds is 1. The molecule has 3 nitrogen and oxygen atoms in total. The van der Waals surface area contributed by atoms with E-state index < -0.39 is 0 Å². The van der Waals surface area contributed by atoms with Gasteiger partial charge in [0.05, 0.1) is 44.2 Å². The van der Waals surface area contributed by atoms with Crippen LogP contribution in [0, 0.1) is 6.92 Å². The van der Waals surface area contributed by atoms with Crippen molar-refractivity contribution in [2.75, 3.05) is 2.95 Å². The summed E-state index contributed by atoms with van der Waals surface area (Å²) in [5, 5.41) is 0. The molecule has 1 aromatic rings. The van der Waals surface area contributed by atoms with Gasteiger partial charge < -0.3 is 0 Å². The number of nitrogens with zero attached hydrogens (tertiary/aromatic N) is 3. The number of hydrogen-bond acceptors (Lipinski definition) is 3. The van der Waals surface area contributed by atoms with Gasteiger partial charge in [0.2, 0.25) is 0 Å². The molecular formula is C5H5Br2N3. The lowest BCUT2D eigenvalue weighted by Gasteiger charge is -2.03. The van der Waals surface area contributed by atoms with Crippen LogP contribution in [0.4, 0.5) is 5.82 Å². The molecule has 0 saturated carbocycles. The highest BCUT2D eigenvalue weighted by molar-refractivity contribution is 9.25. The van der Waals surface area contributed by atoms with E-state index in [0.29, 0.717) is 0 Å². The third-order valence-corrected chi connectivity index (χ3v) is 1.64. The maximum absolute atomic E-state index is 4.14. The highest BCUT2D eigenvalue weighted by Crippen LogP contribution is 2.17. The van der Waals surface area contributed by atoms with Crippen molar-refractivity contribution >= 4 is 38.1 Å². The predicted molar refractivity (Wildman–Crippen MR) is 47.1 cm³/mol. The fraction of sp³-hybridized carbons (Fsp3) is 0.200. The number of anilines is 1. The summed E-state index contributed by atoms with van der Waals surface area (Å²) in [4.78, 5) is 8.08. The van der Waals surface area contributed by atoms with Crippen molar-refractivity contribution in [3.63, 3.8) is 0 Å². The Bertz CT molecular complexity index is 226. The van der Waals surface area contributed by atoms with Gasteiger partial charge in [-0.05, 0) is 6.92 Å². The Morgan fingerprint density at radius 2 is 2.10 bits per heavy atom. The summed E-state index contributed by atoms with van der Waals surface area (Å²) in [6.07, 6.45) is 3.35. The lowest BCUT2D eigenvalue weighted by molar-refractivity contribution is 1.12. The van der Waals surface area contributed by atoms with E-state index in [9.17, 15) is 0 Å². The maximum Gasteiger partial charge on any atom is 0.167 e. The van der Waals surface area contributed by atoms with Gasteiger partial charge in [-0.2, -0.15) is 0 Å². The van der Waals surface area contributed by atoms with E-state index in [0.717, 1.165) is 11.5 Å². The average molecular weight is 267 g/mol. The Morgan fingerprint density at radius 1 is 1.40 bits per heavy atom. The highest BCUT2D eigenvalue weighted by Gasteiger charge is 1.98. The van der Waals surface area contributed by atoms with Gasteiger partial charge in [0.1, 0.15) is 0 Å². The molecule has 0 atom stereocenters. The van der Waals surface area contributed by atoms with Gasteiger partial charge in [-0.3, -0.25) is 4.98 Å². The molecule has 10 heavy (non-hydrogen) atoms. The SMILES string of the molecule is Cc1cncc(N(Br)Br)n1. The molecule has 0 aromatic carbocycles. The topological polar surface area (TPSA) is 29.0 Å². The van der Waals surface area contributed by atoms with Crippen molar-refractivity contribution in [3.05, 3.63) is 18.1 Å². The highest BCUT2D eigenvalue weighted by atomic mass is 79.9. The Morgan fingerprint density at radius 3 is 2.50 bits per heavy atom. The third kappa shape index (κ3) is 1.91. The lowest BCUT2D eigenvalue weighted by atomic mass is 10.5. The van der Waals surface area contributed by atoms with Gasteiger partial charge in [0.25, 0.3) is 0 Å². The van der Waals surface area contributed by atoms with Crippen LogP contribution in [-0.4, -0.2) is 9.97 Å². The van der Waals surface area contributed by atoms with Crippen LogP contribution >= 0.6 is 32.3 Å². The molecule has 0 amide bonds. The molecule has 1 aromatic heterocycles. The molecule has 0 aliphatic rings. The fourth-order valence-corrected chi connectivity index (χ4v) is 0.873. The first-order chi connectivity index (χ1) is 4.70. The zero-order valence-corrected chi connectivity index (χ0v) is 8.42. The molecule has 0 saturated heterocycles. The minimum absolute atomic E-state index is 0.736. The molecule has 0 aliphatic heterocycles. The van der Waals surface area contributed by atoms with Crippen LogP contribution in [0.1, 0.15) is 5.69 Å². The van der Waals surface area contributed by atoms with Crippen LogP contribution in [0.25, 0.3) is 0 Å². The molecule has 0 bridgehead atoms. The van der Waals surface area contributed by atoms with Crippen molar-refractivity contribution in [2.45, 2.75) is 6.92 Å². The van der Waals surface area contributed by atoms with Crippen molar-refractivity contribution in [3.8, 4) is 0 Å². The molecule has 0 spiro atoms. The van der Waals surface area contributed by atoms with Gasteiger partial charge >= 0.3 is 0 Å². The molecule has 54 valence electrons. The zero-order valence-electron chi connectivity index (χ0n) is 5.25. The van der Waals surface area contributed by atoms with Crippen molar-refractivity contribution in [1.29, 1.82) is 0 Å². The third-order valence-electron chi connectivity index (χ3n) is 0.915. The first-order valence-electron chi connectivity index (χ1n) is 2.60. The Balaban J connectivity index is 2.96. The van der Waals surface area contributed by atoms with Crippen molar-refractivity contribution in [1.82, 2.24) is 9.97 Å². The van der Waals surface area contributed by atoms with E-state index in [1.54, 1.807) is 15.3 Å². The zero-order chi connectivity index (χ0) is 7.56. The molecule has 0 radical (unpaired) electrons. The van der Waals surface area contributed by atoms with E-state index in [-0.39, 0.29) is 0 Å². The van der Waals surface area contributed by atoms with Crippen LogP contribution in [-0.2, 0) is 0 Å². The normalized spacial score (nSPS) is 9.50. The van der Waals surface area contributed by atoms with E-state index in [4.69, 9.17) is 0 Å². The van der Waals surface area contributed by atoms with Crippen LogP contribution in [0.5, 0.6) is 0 Å². The van der Waals surface area contributed by atoms with Crippen molar-refractivity contribution in [2.24, 2.45) is 0 Å². The van der Waals surface area contributed by atoms with Gasteiger partial charge in [-0.15, -0.1) is 0 Å². The van der Waals surface area contributed by atoms with Crippen LogP contribution in [0.15, 0.2) is 12.4 Å². The van der Waals surface area contributed by atoms with Gasteiger partial charge in [-0.1, -0.05) is 0 Å². The lowest BCUT2D eigenvalue weighted by Crippen LogP contribution is -1.95. The summed E-state index contributed by atoms with van der Waals surface area (Å²) >= 11 is 6.33. The van der Waals surface area contributed by atoms with Crippen LogP contribution < -0.4 is 2.95 Å². The number of aryl methyl sites for hydroxylation is 1. The molecule has 1 heterocycles. The quantitative estimate of drug-likeness (QED) is 0.730. The Labute approximate surface area is 76.2 Å². The monoisotopic (exact) mass is 265 g/mol. The second-order valence-electron chi connectivity index (χ2n) is 1.75. The second kappa shape index (κ2) is 3.30. The molecular weight excluding hydrogens is 262 g/mol. The molecule has 0 unspecified atom stereocenters. The smallest absolute Gasteiger partial charge is 0.167 e. The summed E-state index contributed by atoms with van der Waals surface area (Å²) in [5.74, 6) is 0.736.